The summed E-state index contributed by atoms with van der Waals surface area (Å²) in [4.78, 5) is 28.4. The largest absolute Gasteiger partial charge is 0.375 e. The van der Waals surface area contributed by atoms with Crippen LogP contribution in [0.25, 0.3) is 0 Å². The summed E-state index contributed by atoms with van der Waals surface area (Å²) in [6, 6.07) is 39.7. The molecule has 1 amide bonds. The molecule has 2 atom stereocenters. The quantitative estimate of drug-likeness (QED) is 0.180. The molecule has 4 aromatic carbocycles. The fraction of sp³-hybridized carbons (Fsp3) is 0.188. The van der Waals surface area contributed by atoms with Crippen LogP contribution in [0.3, 0.4) is 0 Å². The van der Waals surface area contributed by atoms with E-state index in [9.17, 15) is 9.59 Å². The van der Waals surface area contributed by atoms with E-state index in [1.807, 2.05) is 89.8 Å². The van der Waals surface area contributed by atoms with E-state index in [2.05, 4.69) is 36.4 Å². The van der Waals surface area contributed by atoms with Crippen molar-refractivity contribution in [2.45, 2.75) is 25.1 Å². The Balaban J connectivity index is 1.64. The van der Waals surface area contributed by atoms with Gasteiger partial charge in [0.1, 0.15) is 17.2 Å². The molecule has 5 rings (SSSR count). The minimum Gasteiger partial charge on any atom is -0.375 e. The second-order valence-electron chi connectivity index (χ2n) is 9.17. The van der Waals surface area contributed by atoms with Gasteiger partial charge in [-0.05, 0) is 29.2 Å². The third-order valence-electron chi connectivity index (χ3n) is 6.99. The molecule has 0 unspecified atom stereocenters. The maximum atomic E-state index is 13.9. The molecule has 0 N–H and O–H groups in total. The van der Waals surface area contributed by atoms with E-state index in [1.165, 1.54) is 6.92 Å². The Hall–Kier alpha value is -4.02. The van der Waals surface area contributed by atoms with Crippen molar-refractivity contribution in [3.8, 4) is 0 Å². The van der Waals surface area contributed by atoms with Gasteiger partial charge in [-0.2, -0.15) is 0 Å². The first-order valence-electron chi connectivity index (χ1n) is 12.3. The SMILES string of the molecule is CC(=O)[C@@H]1C(=O)N(C(c2ccccc2)(c2ccccc2)c2ccccc2)[C@H]1COCc1ccccc1. The number of hydrogen-bond acceptors (Lipinski definition) is 3. The van der Waals surface area contributed by atoms with Crippen molar-refractivity contribution in [3.05, 3.63) is 144 Å². The smallest absolute Gasteiger partial charge is 0.236 e. The number of β-lactam (4-membered cyclic amide) rings is 1. The second kappa shape index (κ2) is 10.3. The summed E-state index contributed by atoms with van der Waals surface area (Å²) in [6.07, 6.45) is 0. The van der Waals surface area contributed by atoms with Crippen molar-refractivity contribution in [2.75, 3.05) is 6.61 Å². The predicted octanol–water partition coefficient (Wildman–Crippen LogP) is 5.61. The van der Waals surface area contributed by atoms with Crippen molar-refractivity contribution >= 4 is 11.7 Å². The molecule has 1 saturated heterocycles. The summed E-state index contributed by atoms with van der Waals surface area (Å²) in [5.41, 5.74) is 3.03. The Bertz CT molecular complexity index is 1210. The maximum Gasteiger partial charge on any atom is 0.236 e. The third kappa shape index (κ3) is 4.14. The highest BCUT2D eigenvalue weighted by Gasteiger charge is 2.59. The zero-order valence-electron chi connectivity index (χ0n) is 20.3. The van der Waals surface area contributed by atoms with Gasteiger partial charge in [0.25, 0.3) is 0 Å². The summed E-state index contributed by atoms with van der Waals surface area (Å²) in [7, 11) is 0. The molecule has 1 fully saturated rings. The van der Waals surface area contributed by atoms with Crippen LogP contribution in [0.4, 0.5) is 0 Å². The molecule has 0 aromatic heterocycles. The van der Waals surface area contributed by atoms with Crippen LogP contribution in [0, 0.1) is 5.92 Å². The monoisotopic (exact) mass is 475 g/mol. The van der Waals surface area contributed by atoms with Crippen LogP contribution >= 0.6 is 0 Å². The fourth-order valence-corrected chi connectivity index (χ4v) is 5.40. The van der Waals surface area contributed by atoms with E-state index in [4.69, 9.17) is 4.74 Å². The van der Waals surface area contributed by atoms with E-state index in [0.717, 1.165) is 22.3 Å². The molecule has 1 heterocycles. The van der Waals surface area contributed by atoms with Gasteiger partial charge < -0.3 is 9.64 Å². The fourth-order valence-electron chi connectivity index (χ4n) is 5.40. The number of carbonyl (C=O) groups excluding carboxylic acids is 2. The summed E-state index contributed by atoms with van der Waals surface area (Å²) in [5.74, 6) is -1.03. The average Bonchev–Trinajstić information content (AvgIpc) is 2.93. The van der Waals surface area contributed by atoms with Gasteiger partial charge in [-0.25, -0.2) is 0 Å². The van der Waals surface area contributed by atoms with E-state index in [0.29, 0.717) is 6.61 Å². The van der Waals surface area contributed by atoms with Gasteiger partial charge in [0.15, 0.2) is 0 Å². The first kappa shape index (κ1) is 23.7. The zero-order chi connectivity index (χ0) is 25.0. The molecule has 0 radical (unpaired) electrons. The van der Waals surface area contributed by atoms with Gasteiger partial charge in [0.2, 0.25) is 5.91 Å². The molecule has 0 aliphatic carbocycles. The number of benzene rings is 4. The number of rotatable bonds is 9. The molecule has 0 spiro atoms. The van der Waals surface area contributed by atoms with Gasteiger partial charge in [-0.15, -0.1) is 0 Å². The number of amides is 1. The van der Waals surface area contributed by atoms with E-state index >= 15 is 0 Å². The number of likely N-dealkylation sites (tertiary alicyclic amines) is 1. The van der Waals surface area contributed by atoms with Gasteiger partial charge >= 0.3 is 0 Å². The van der Waals surface area contributed by atoms with Crippen LogP contribution in [-0.2, 0) is 26.5 Å². The number of hydrogen-bond donors (Lipinski definition) is 0. The molecule has 1 aliphatic heterocycles. The van der Waals surface area contributed by atoms with Crippen LogP contribution in [0.2, 0.25) is 0 Å². The molecule has 36 heavy (non-hydrogen) atoms. The summed E-state index contributed by atoms with van der Waals surface area (Å²) in [6.45, 7) is 2.18. The number of Topliss-reactive ketones (excluding diaryl/α,β-unsaturated/α-hetero) is 1. The number of ketones is 1. The van der Waals surface area contributed by atoms with E-state index in [1.54, 1.807) is 0 Å². The molecule has 0 bridgehead atoms. The van der Waals surface area contributed by atoms with Crippen molar-refractivity contribution in [1.82, 2.24) is 4.90 Å². The van der Waals surface area contributed by atoms with Crippen LogP contribution in [-0.4, -0.2) is 29.2 Å². The number of nitrogens with zero attached hydrogens (tertiary/aromatic N) is 1. The molecule has 4 aromatic rings. The molecule has 0 saturated carbocycles. The molecule has 4 nitrogen and oxygen atoms in total. The zero-order valence-corrected chi connectivity index (χ0v) is 20.3. The lowest BCUT2D eigenvalue weighted by Gasteiger charge is -2.57. The van der Waals surface area contributed by atoms with Gasteiger partial charge in [-0.3, -0.25) is 9.59 Å². The Morgan fingerprint density at radius 2 is 1.14 bits per heavy atom. The highest BCUT2D eigenvalue weighted by Crippen LogP contribution is 2.49. The van der Waals surface area contributed by atoms with Crippen LogP contribution in [0.15, 0.2) is 121 Å². The van der Waals surface area contributed by atoms with Crippen molar-refractivity contribution < 1.29 is 14.3 Å². The van der Waals surface area contributed by atoms with Crippen LogP contribution < -0.4 is 0 Å². The van der Waals surface area contributed by atoms with Gasteiger partial charge in [-0.1, -0.05) is 121 Å². The van der Waals surface area contributed by atoms with Crippen molar-refractivity contribution in [3.63, 3.8) is 0 Å². The maximum absolute atomic E-state index is 13.9. The minimum absolute atomic E-state index is 0.132. The lowest BCUT2D eigenvalue weighted by atomic mass is 9.69. The van der Waals surface area contributed by atoms with E-state index < -0.39 is 17.5 Å². The average molecular weight is 476 g/mol. The summed E-state index contributed by atoms with van der Waals surface area (Å²) in [5, 5.41) is 0. The lowest BCUT2D eigenvalue weighted by molar-refractivity contribution is -0.173. The Morgan fingerprint density at radius 1 is 0.722 bits per heavy atom. The second-order valence-corrected chi connectivity index (χ2v) is 9.17. The standard InChI is InChI=1S/C32H29NO3/c1-24(34)30-29(23-36-22-25-14-6-2-7-15-25)33(31(30)35)32(26-16-8-3-9-17-26,27-18-10-4-11-19-27)28-20-12-5-13-21-28/h2-21,29-30H,22-23H2,1H3/t29-,30-/m0/s1. The van der Waals surface area contributed by atoms with E-state index in [-0.39, 0.29) is 18.3 Å². The molecular formula is C32H29NO3. The van der Waals surface area contributed by atoms with Crippen molar-refractivity contribution in [1.29, 1.82) is 0 Å². The summed E-state index contributed by atoms with van der Waals surface area (Å²) < 4.78 is 6.14. The highest BCUT2D eigenvalue weighted by atomic mass is 16.5. The molecule has 180 valence electrons. The van der Waals surface area contributed by atoms with Gasteiger partial charge in [0.05, 0.1) is 19.3 Å². The number of carbonyl (C=O) groups is 2. The Morgan fingerprint density at radius 3 is 1.56 bits per heavy atom. The van der Waals surface area contributed by atoms with Crippen LogP contribution in [0.5, 0.6) is 0 Å². The Labute approximate surface area is 212 Å². The van der Waals surface area contributed by atoms with Crippen molar-refractivity contribution in [2.24, 2.45) is 5.92 Å². The lowest BCUT2D eigenvalue weighted by Crippen LogP contribution is -2.71. The normalized spacial score (nSPS) is 17.5. The molecule has 1 aliphatic rings. The third-order valence-corrected chi connectivity index (χ3v) is 6.99. The first-order valence-corrected chi connectivity index (χ1v) is 12.3. The Kier molecular flexibility index (Phi) is 6.79. The summed E-state index contributed by atoms with van der Waals surface area (Å²) >= 11 is 0. The molecular weight excluding hydrogens is 446 g/mol. The topological polar surface area (TPSA) is 46.6 Å². The number of ether oxygens (including phenoxy) is 1. The predicted molar refractivity (Wildman–Crippen MR) is 140 cm³/mol. The highest BCUT2D eigenvalue weighted by molar-refractivity contribution is 6.06. The minimum atomic E-state index is -0.909. The first-order chi connectivity index (χ1) is 17.6. The van der Waals surface area contributed by atoms with Gasteiger partial charge in [0, 0.05) is 0 Å². The molecule has 4 heteroatoms. The van der Waals surface area contributed by atoms with Crippen LogP contribution in [0.1, 0.15) is 29.2 Å².